The largest absolute Gasteiger partial charge is 0.356 e. The van der Waals surface area contributed by atoms with Crippen LogP contribution in [-0.4, -0.2) is 25.6 Å². The van der Waals surface area contributed by atoms with Crippen molar-refractivity contribution >= 4 is 29.9 Å². The van der Waals surface area contributed by atoms with Crippen molar-refractivity contribution in [1.82, 2.24) is 10.6 Å². The molecule has 1 aliphatic rings. The van der Waals surface area contributed by atoms with Gasteiger partial charge in [0.2, 0.25) is 0 Å². The van der Waals surface area contributed by atoms with Gasteiger partial charge in [-0.25, -0.2) is 0 Å². The van der Waals surface area contributed by atoms with Gasteiger partial charge in [0.25, 0.3) is 0 Å². The highest BCUT2D eigenvalue weighted by Gasteiger charge is 2.25. The quantitative estimate of drug-likeness (QED) is 0.484. The van der Waals surface area contributed by atoms with E-state index in [-0.39, 0.29) is 24.0 Å². The summed E-state index contributed by atoms with van der Waals surface area (Å²) in [6, 6.07) is 9.15. The summed E-state index contributed by atoms with van der Waals surface area (Å²) in [6.45, 7) is 5.31. The fraction of sp³-hybridized carbons (Fsp3) is 0.533. The van der Waals surface area contributed by atoms with Gasteiger partial charge in [-0.3, -0.25) is 4.99 Å². The van der Waals surface area contributed by atoms with Crippen molar-refractivity contribution in [3.63, 3.8) is 0 Å². The molecule has 0 saturated heterocycles. The van der Waals surface area contributed by atoms with Crippen LogP contribution in [0.3, 0.4) is 0 Å². The van der Waals surface area contributed by atoms with Crippen LogP contribution in [0.2, 0.25) is 0 Å². The molecule has 0 heterocycles. The average molecular weight is 373 g/mol. The van der Waals surface area contributed by atoms with E-state index in [2.05, 4.69) is 53.7 Å². The summed E-state index contributed by atoms with van der Waals surface area (Å²) in [4.78, 5) is 4.26. The molecule has 2 N–H and O–H groups in total. The highest BCUT2D eigenvalue weighted by atomic mass is 127. The maximum Gasteiger partial charge on any atom is 0.191 e. The van der Waals surface area contributed by atoms with Gasteiger partial charge in [-0.15, -0.1) is 24.0 Å². The first-order chi connectivity index (χ1) is 8.74. The molecule has 0 spiro atoms. The molecule has 0 saturated carbocycles. The minimum absolute atomic E-state index is 0. The van der Waals surface area contributed by atoms with Crippen LogP contribution in [-0.2, 0) is 6.42 Å². The van der Waals surface area contributed by atoms with E-state index in [1.807, 2.05) is 7.05 Å². The summed E-state index contributed by atoms with van der Waals surface area (Å²) in [6.07, 6.45) is 2.29. The van der Waals surface area contributed by atoms with Crippen LogP contribution < -0.4 is 10.6 Å². The Morgan fingerprint density at radius 3 is 2.79 bits per heavy atom. The topological polar surface area (TPSA) is 36.4 Å². The van der Waals surface area contributed by atoms with Gasteiger partial charge in [-0.1, -0.05) is 31.2 Å². The van der Waals surface area contributed by atoms with Gasteiger partial charge in [0, 0.05) is 25.6 Å². The molecule has 4 heteroatoms. The molecular weight excluding hydrogens is 349 g/mol. The second-order valence-corrected chi connectivity index (χ2v) is 5.01. The molecule has 1 aliphatic carbocycles. The molecule has 0 aliphatic heterocycles. The summed E-state index contributed by atoms with van der Waals surface area (Å²) in [5.41, 5.74) is 2.98. The maximum atomic E-state index is 4.26. The lowest BCUT2D eigenvalue weighted by molar-refractivity contribution is 0.570. The third kappa shape index (κ3) is 4.09. The van der Waals surface area contributed by atoms with Gasteiger partial charge in [-0.2, -0.15) is 0 Å². The van der Waals surface area contributed by atoms with E-state index >= 15 is 0 Å². The van der Waals surface area contributed by atoms with E-state index in [1.54, 1.807) is 0 Å². The molecule has 0 aromatic heterocycles. The molecule has 19 heavy (non-hydrogen) atoms. The van der Waals surface area contributed by atoms with E-state index in [0.717, 1.165) is 18.9 Å². The first-order valence-electron chi connectivity index (χ1n) is 6.79. The molecule has 0 amide bonds. The Morgan fingerprint density at radius 2 is 2.16 bits per heavy atom. The Balaban J connectivity index is 0.00000180. The van der Waals surface area contributed by atoms with E-state index < -0.39 is 0 Å². The third-order valence-corrected chi connectivity index (χ3v) is 3.70. The molecule has 1 aromatic rings. The number of benzene rings is 1. The molecule has 2 rings (SSSR count). The fourth-order valence-corrected chi connectivity index (χ4v) is 2.29. The van der Waals surface area contributed by atoms with Gasteiger partial charge >= 0.3 is 0 Å². The second-order valence-electron chi connectivity index (χ2n) is 5.01. The lowest BCUT2D eigenvalue weighted by atomic mass is 9.78. The number of halogens is 1. The van der Waals surface area contributed by atoms with E-state index in [4.69, 9.17) is 0 Å². The first-order valence-corrected chi connectivity index (χ1v) is 6.79. The third-order valence-electron chi connectivity index (χ3n) is 3.70. The van der Waals surface area contributed by atoms with Crippen LogP contribution in [0.5, 0.6) is 0 Å². The molecule has 0 bridgehead atoms. The molecule has 2 unspecified atom stereocenters. The Bertz CT molecular complexity index is 431. The van der Waals surface area contributed by atoms with Crippen LogP contribution in [0.15, 0.2) is 29.3 Å². The van der Waals surface area contributed by atoms with Gasteiger partial charge in [0.15, 0.2) is 5.96 Å². The minimum Gasteiger partial charge on any atom is -0.356 e. The molecule has 3 nitrogen and oxygen atoms in total. The predicted molar refractivity (Wildman–Crippen MR) is 92.6 cm³/mol. The number of guanidine groups is 1. The van der Waals surface area contributed by atoms with Crippen LogP contribution >= 0.6 is 24.0 Å². The van der Waals surface area contributed by atoms with Gasteiger partial charge < -0.3 is 10.6 Å². The van der Waals surface area contributed by atoms with Gasteiger partial charge in [0.1, 0.15) is 0 Å². The molecule has 1 aromatic carbocycles. The molecule has 0 radical (unpaired) electrons. The van der Waals surface area contributed by atoms with E-state index in [1.165, 1.54) is 17.5 Å². The lowest BCUT2D eigenvalue weighted by Gasteiger charge is -2.31. The summed E-state index contributed by atoms with van der Waals surface area (Å²) in [7, 11) is 1.83. The number of rotatable bonds is 4. The number of aliphatic imine (C=N–C) groups is 1. The van der Waals surface area contributed by atoms with Crippen molar-refractivity contribution in [2.45, 2.75) is 38.6 Å². The fourth-order valence-electron chi connectivity index (χ4n) is 2.29. The smallest absolute Gasteiger partial charge is 0.191 e. The lowest BCUT2D eigenvalue weighted by Crippen LogP contribution is -2.44. The highest BCUT2D eigenvalue weighted by molar-refractivity contribution is 14.0. The van der Waals surface area contributed by atoms with Crippen molar-refractivity contribution in [3.8, 4) is 0 Å². The summed E-state index contributed by atoms with van der Waals surface area (Å²) in [5, 5.41) is 6.80. The predicted octanol–water partition coefficient (Wildman–Crippen LogP) is 2.91. The average Bonchev–Trinajstić information content (AvgIpc) is 2.38. The summed E-state index contributed by atoms with van der Waals surface area (Å²) in [5.74, 6) is 1.55. The normalized spacial score (nSPS) is 18.7. The first kappa shape index (κ1) is 16.3. The zero-order valence-corrected chi connectivity index (χ0v) is 14.3. The SMILES string of the molecule is CCC(C)NC(=NC)NCC1Cc2ccccc21.I. The Hall–Kier alpha value is -0.780. The number of hydrogen-bond donors (Lipinski definition) is 2. The number of nitrogens with zero attached hydrogens (tertiary/aromatic N) is 1. The molecule has 2 atom stereocenters. The van der Waals surface area contributed by atoms with Crippen molar-refractivity contribution in [3.05, 3.63) is 35.4 Å². The number of hydrogen-bond acceptors (Lipinski definition) is 1. The van der Waals surface area contributed by atoms with Crippen molar-refractivity contribution in [2.24, 2.45) is 4.99 Å². The van der Waals surface area contributed by atoms with Crippen molar-refractivity contribution < 1.29 is 0 Å². The maximum absolute atomic E-state index is 4.26. The van der Waals surface area contributed by atoms with Crippen LogP contribution in [0, 0.1) is 0 Å². The summed E-state index contributed by atoms with van der Waals surface area (Å²) >= 11 is 0. The molecular formula is C15H24IN3. The highest BCUT2D eigenvalue weighted by Crippen LogP contribution is 2.33. The van der Waals surface area contributed by atoms with Crippen molar-refractivity contribution in [1.29, 1.82) is 0 Å². The monoisotopic (exact) mass is 373 g/mol. The van der Waals surface area contributed by atoms with Gasteiger partial charge in [0.05, 0.1) is 0 Å². The van der Waals surface area contributed by atoms with Crippen LogP contribution in [0.4, 0.5) is 0 Å². The van der Waals surface area contributed by atoms with Crippen LogP contribution in [0.25, 0.3) is 0 Å². The Labute approximate surface area is 133 Å². The van der Waals surface area contributed by atoms with E-state index in [9.17, 15) is 0 Å². The minimum atomic E-state index is 0. The van der Waals surface area contributed by atoms with Crippen LogP contribution in [0.1, 0.15) is 37.3 Å². The number of nitrogens with one attached hydrogen (secondary N) is 2. The zero-order chi connectivity index (χ0) is 13.0. The standard InChI is InChI=1S/C15H23N3.HI/c1-4-11(2)18-15(16-3)17-10-13-9-12-7-5-6-8-14(12)13;/h5-8,11,13H,4,9-10H2,1-3H3,(H2,16,17,18);1H. The zero-order valence-electron chi connectivity index (χ0n) is 11.9. The Morgan fingerprint density at radius 1 is 1.42 bits per heavy atom. The Kier molecular flexibility index (Phi) is 6.62. The van der Waals surface area contributed by atoms with Crippen molar-refractivity contribution in [2.75, 3.05) is 13.6 Å². The number of fused-ring (bicyclic) bond motifs is 1. The molecule has 106 valence electrons. The van der Waals surface area contributed by atoms with E-state index in [0.29, 0.717) is 12.0 Å². The summed E-state index contributed by atoms with van der Waals surface area (Å²) < 4.78 is 0. The molecule has 0 fully saturated rings. The second kappa shape index (κ2) is 7.72. The van der Waals surface area contributed by atoms with Gasteiger partial charge in [-0.05, 0) is 30.9 Å².